The lowest BCUT2D eigenvalue weighted by molar-refractivity contribution is -0.142. The summed E-state index contributed by atoms with van der Waals surface area (Å²) in [5.74, 6) is -1.18. The van der Waals surface area contributed by atoms with E-state index in [9.17, 15) is 9.59 Å². The van der Waals surface area contributed by atoms with Crippen LogP contribution >= 0.6 is 11.3 Å². The summed E-state index contributed by atoms with van der Waals surface area (Å²) in [5.41, 5.74) is 1.29. The Labute approximate surface area is 123 Å². The molecule has 110 valence electrons. The summed E-state index contributed by atoms with van der Waals surface area (Å²) in [6, 6.07) is 1.96. The summed E-state index contributed by atoms with van der Waals surface area (Å²) >= 11 is 1.54. The molecule has 5 heteroatoms. The van der Waals surface area contributed by atoms with Gasteiger partial charge in [0.15, 0.2) is 0 Å². The predicted octanol–water partition coefficient (Wildman–Crippen LogP) is 2.71. The van der Waals surface area contributed by atoms with Crippen LogP contribution in [0.3, 0.4) is 0 Å². The molecule has 1 aliphatic rings. The number of hydrogen-bond donors (Lipinski definition) is 2. The van der Waals surface area contributed by atoms with Gasteiger partial charge in [-0.25, -0.2) is 0 Å². The standard InChI is InChI=1S/C15H21NO3S/c1-9(2)6-11(15(18)19)8-16-14(17)13-7-10-4-3-5-12(10)20-13/h7,9,11H,3-6,8H2,1-2H3,(H,16,17)(H,18,19). The van der Waals surface area contributed by atoms with E-state index in [0.717, 1.165) is 12.8 Å². The molecule has 0 bridgehead atoms. The first-order chi connectivity index (χ1) is 9.47. The maximum atomic E-state index is 12.1. The molecular weight excluding hydrogens is 274 g/mol. The van der Waals surface area contributed by atoms with Crippen LogP contribution in [-0.4, -0.2) is 23.5 Å². The Bertz CT molecular complexity index is 486. The SMILES string of the molecule is CC(C)CC(CNC(=O)c1cc2c(s1)CCC2)C(=O)O. The van der Waals surface area contributed by atoms with E-state index in [4.69, 9.17) is 5.11 Å². The minimum atomic E-state index is -0.840. The molecule has 0 fully saturated rings. The summed E-state index contributed by atoms with van der Waals surface area (Å²) in [7, 11) is 0. The van der Waals surface area contributed by atoms with Gasteiger partial charge >= 0.3 is 5.97 Å². The molecule has 1 heterocycles. The van der Waals surface area contributed by atoms with E-state index in [-0.39, 0.29) is 12.5 Å². The van der Waals surface area contributed by atoms with Gasteiger partial charge in [-0.15, -0.1) is 11.3 Å². The largest absolute Gasteiger partial charge is 0.481 e. The van der Waals surface area contributed by atoms with Crippen LogP contribution in [0.5, 0.6) is 0 Å². The minimum absolute atomic E-state index is 0.139. The number of carboxylic acids is 1. The molecule has 20 heavy (non-hydrogen) atoms. The van der Waals surface area contributed by atoms with Gasteiger partial charge in [0.05, 0.1) is 10.8 Å². The highest BCUT2D eigenvalue weighted by Gasteiger charge is 2.22. The quantitative estimate of drug-likeness (QED) is 0.848. The Hall–Kier alpha value is -1.36. The highest BCUT2D eigenvalue weighted by molar-refractivity contribution is 7.14. The molecule has 1 atom stereocenters. The highest BCUT2D eigenvalue weighted by atomic mass is 32.1. The fourth-order valence-corrected chi connectivity index (χ4v) is 3.75. The van der Waals surface area contributed by atoms with Crippen LogP contribution in [0.25, 0.3) is 0 Å². The van der Waals surface area contributed by atoms with Gasteiger partial charge in [0.25, 0.3) is 5.91 Å². The lowest BCUT2D eigenvalue weighted by Crippen LogP contribution is -2.33. The van der Waals surface area contributed by atoms with E-state index in [1.54, 1.807) is 11.3 Å². The number of thiophene rings is 1. The Balaban J connectivity index is 1.91. The second-order valence-corrected chi connectivity index (χ2v) is 6.92. The molecule has 4 nitrogen and oxygen atoms in total. The van der Waals surface area contributed by atoms with Crippen LogP contribution in [0.4, 0.5) is 0 Å². The monoisotopic (exact) mass is 295 g/mol. The molecular formula is C15H21NO3S. The molecule has 2 N–H and O–H groups in total. The molecule has 0 aliphatic heterocycles. The zero-order valence-electron chi connectivity index (χ0n) is 11.9. The maximum absolute atomic E-state index is 12.1. The van der Waals surface area contributed by atoms with E-state index in [2.05, 4.69) is 5.32 Å². The molecule has 1 unspecified atom stereocenters. The Morgan fingerprint density at radius 1 is 1.40 bits per heavy atom. The predicted molar refractivity (Wildman–Crippen MR) is 79.3 cm³/mol. The van der Waals surface area contributed by atoms with Gasteiger partial charge in [0.1, 0.15) is 0 Å². The van der Waals surface area contributed by atoms with Crippen molar-refractivity contribution in [3.05, 3.63) is 21.4 Å². The highest BCUT2D eigenvalue weighted by Crippen LogP contribution is 2.30. The molecule has 0 radical (unpaired) electrons. The van der Waals surface area contributed by atoms with Crippen molar-refractivity contribution in [3.8, 4) is 0 Å². The number of hydrogen-bond acceptors (Lipinski definition) is 3. The van der Waals surface area contributed by atoms with Crippen LogP contribution < -0.4 is 5.32 Å². The fraction of sp³-hybridized carbons (Fsp3) is 0.600. The number of aliphatic carboxylic acids is 1. The number of carboxylic acid groups (broad SMARTS) is 1. The van der Waals surface area contributed by atoms with E-state index in [1.165, 1.54) is 16.9 Å². The van der Waals surface area contributed by atoms with Gasteiger partial charge in [0.2, 0.25) is 0 Å². The summed E-state index contributed by atoms with van der Waals surface area (Å²) in [5, 5.41) is 11.9. The first kappa shape index (κ1) is 15.0. The lowest BCUT2D eigenvalue weighted by atomic mass is 9.97. The third-order valence-electron chi connectivity index (χ3n) is 3.58. The third-order valence-corrected chi connectivity index (χ3v) is 4.82. The van der Waals surface area contributed by atoms with Crippen LogP contribution in [0, 0.1) is 11.8 Å². The Kier molecular flexibility index (Phi) is 4.81. The number of carbonyl (C=O) groups is 2. The van der Waals surface area contributed by atoms with E-state index in [0.29, 0.717) is 17.2 Å². The topological polar surface area (TPSA) is 66.4 Å². The summed E-state index contributed by atoms with van der Waals surface area (Å²) < 4.78 is 0. The Morgan fingerprint density at radius 3 is 2.75 bits per heavy atom. The molecule has 0 saturated heterocycles. The van der Waals surface area contributed by atoms with Gasteiger partial charge in [0, 0.05) is 11.4 Å². The van der Waals surface area contributed by atoms with E-state index < -0.39 is 11.9 Å². The van der Waals surface area contributed by atoms with E-state index >= 15 is 0 Å². The maximum Gasteiger partial charge on any atom is 0.308 e. The minimum Gasteiger partial charge on any atom is -0.481 e. The molecule has 2 rings (SSSR count). The number of amides is 1. The third kappa shape index (κ3) is 3.60. The van der Waals surface area contributed by atoms with E-state index in [1.807, 2.05) is 19.9 Å². The van der Waals surface area contributed by atoms with Crippen LogP contribution in [0.1, 0.15) is 46.8 Å². The number of aryl methyl sites for hydroxylation is 2. The zero-order chi connectivity index (χ0) is 14.7. The van der Waals surface area contributed by atoms with Gasteiger partial charge in [-0.1, -0.05) is 13.8 Å². The summed E-state index contributed by atoms with van der Waals surface area (Å²) in [4.78, 5) is 25.2. The van der Waals surface area contributed by atoms with Crippen LogP contribution in [0.2, 0.25) is 0 Å². The van der Waals surface area contributed by atoms with Crippen LogP contribution in [0.15, 0.2) is 6.07 Å². The first-order valence-electron chi connectivity index (χ1n) is 7.10. The zero-order valence-corrected chi connectivity index (χ0v) is 12.8. The van der Waals surface area contributed by atoms with Crippen molar-refractivity contribution < 1.29 is 14.7 Å². The van der Waals surface area contributed by atoms with Crippen molar-refractivity contribution in [2.45, 2.75) is 39.5 Å². The number of fused-ring (bicyclic) bond motifs is 1. The summed E-state index contributed by atoms with van der Waals surface area (Å²) in [6.45, 7) is 4.18. The molecule has 1 aromatic rings. The average Bonchev–Trinajstić information content (AvgIpc) is 2.93. The Morgan fingerprint density at radius 2 is 2.15 bits per heavy atom. The van der Waals surface area contributed by atoms with Crippen molar-refractivity contribution in [1.29, 1.82) is 0 Å². The lowest BCUT2D eigenvalue weighted by Gasteiger charge is -2.15. The van der Waals surface area contributed by atoms with Gasteiger partial charge in [-0.3, -0.25) is 9.59 Å². The molecule has 1 aliphatic carbocycles. The van der Waals surface area contributed by atoms with Crippen LogP contribution in [-0.2, 0) is 17.6 Å². The average molecular weight is 295 g/mol. The first-order valence-corrected chi connectivity index (χ1v) is 7.91. The van der Waals surface area contributed by atoms with Crippen molar-refractivity contribution in [2.75, 3.05) is 6.54 Å². The van der Waals surface area contributed by atoms with Crippen molar-refractivity contribution in [2.24, 2.45) is 11.8 Å². The number of carbonyl (C=O) groups excluding carboxylic acids is 1. The van der Waals surface area contributed by atoms with Gasteiger partial charge < -0.3 is 10.4 Å². The number of rotatable bonds is 6. The normalized spacial score (nSPS) is 15.2. The molecule has 0 saturated carbocycles. The molecule has 1 amide bonds. The second-order valence-electron chi connectivity index (χ2n) is 5.79. The van der Waals surface area contributed by atoms with Crippen molar-refractivity contribution in [3.63, 3.8) is 0 Å². The summed E-state index contributed by atoms with van der Waals surface area (Å²) in [6.07, 6.45) is 3.89. The second kappa shape index (κ2) is 6.39. The van der Waals surface area contributed by atoms with Gasteiger partial charge in [-0.2, -0.15) is 0 Å². The smallest absolute Gasteiger partial charge is 0.308 e. The molecule has 1 aromatic heterocycles. The van der Waals surface area contributed by atoms with Crippen molar-refractivity contribution >= 4 is 23.2 Å². The number of nitrogens with one attached hydrogen (secondary N) is 1. The molecule has 0 aromatic carbocycles. The fourth-order valence-electron chi connectivity index (χ4n) is 2.58. The van der Waals surface area contributed by atoms with Crippen molar-refractivity contribution in [1.82, 2.24) is 5.32 Å². The molecule has 0 spiro atoms. The van der Waals surface area contributed by atoms with Gasteiger partial charge in [-0.05, 0) is 43.2 Å².